The fourth-order valence-electron chi connectivity index (χ4n) is 3.25. The summed E-state index contributed by atoms with van der Waals surface area (Å²) in [6.45, 7) is 4.16. The van der Waals surface area contributed by atoms with Gasteiger partial charge in [-0.1, -0.05) is 24.3 Å². The summed E-state index contributed by atoms with van der Waals surface area (Å²) in [6, 6.07) is 11.2. The molecule has 0 aromatic heterocycles. The van der Waals surface area contributed by atoms with Gasteiger partial charge in [-0.3, -0.25) is 9.59 Å². The molecular formula is C21H21F3N2O3. The second kappa shape index (κ2) is 8.14. The zero-order chi connectivity index (χ0) is 21.2. The number of hydrogen-bond acceptors (Lipinski definition) is 3. The predicted octanol–water partition coefficient (Wildman–Crippen LogP) is 3.87. The maximum Gasteiger partial charge on any atom is 0.573 e. The van der Waals surface area contributed by atoms with Crippen molar-refractivity contribution in [2.75, 3.05) is 11.4 Å². The number of hydrogen-bond donors (Lipinski definition) is 1. The van der Waals surface area contributed by atoms with Gasteiger partial charge in [-0.15, -0.1) is 13.2 Å². The SMILES string of the molecule is Cc1ccc(N2CCC(C(=O)NCc3ccccc3OC(F)(F)F)C2=O)cc1C. The van der Waals surface area contributed by atoms with Crippen molar-refractivity contribution in [3.8, 4) is 5.75 Å². The molecule has 1 atom stereocenters. The van der Waals surface area contributed by atoms with Gasteiger partial charge in [0.1, 0.15) is 11.7 Å². The molecule has 5 nitrogen and oxygen atoms in total. The number of para-hydroxylation sites is 1. The van der Waals surface area contributed by atoms with Crippen molar-refractivity contribution in [3.63, 3.8) is 0 Å². The van der Waals surface area contributed by atoms with E-state index in [4.69, 9.17) is 0 Å². The predicted molar refractivity (Wildman–Crippen MR) is 101 cm³/mol. The quantitative estimate of drug-likeness (QED) is 0.767. The summed E-state index contributed by atoms with van der Waals surface area (Å²) in [6.07, 6.45) is -4.48. The molecular weight excluding hydrogens is 385 g/mol. The number of nitrogens with zero attached hydrogens (tertiary/aromatic N) is 1. The van der Waals surface area contributed by atoms with E-state index in [9.17, 15) is 22.8 Å². The van der Waals surface area contributed by atoms with Gasteiger partial charge in [0.25, 0.3) is 0 Å². The zero-order valence-electron chi connectivity index (χ0n) is 16.0. The summed E-state index contributed by atoms with van der Waals surface area (Å²) in [5, 5.41) is 2.56. The van der Waals surface area contributed by atoms with Crippen molar-refractivity contribution in [2.24, 2.45) is 5.92 Å². The molecule has 1 heterocycles. The first-order chi connectivity index (χ1) is 13.7. The molecule has 0 bridgehead atoms. The highest BCUT2D eigenvalue weighted by molar-refractivity contribution is 6.09. The topological polar surface area (TPSA) is 58.6 Å². The standard InChI is InChI=1S/C21H21F3N2O3/c1-13-7-8-16(11-14(13)2)26-10-9-17(20(26)28)19(27)25-12-15-5-3-4-6-18(15)29-21(22,23)24/h3-8,11,17H,9-10,12H2,1-2H3,(H,25,27). The first-order valence-electron chi connectivity index (χ1n) is 9.15. The van der Waals surface area contributed by atoms with Crippen LogP contribution in [0.15, 0.2) is 42.5 Å². The molecule has 1 aliphatic heterocycles. The minimum absolute atomic E-state index is 0.168. The molecule has 2 amide bonds. The molecule has 29 heavy (non-hydrogen) atoms. The first kappa shape index (κ1) is 20.7. The summed E-state index contributed by atoms with van der Waals surface area (Å²) >= 11 is 0. The molecule has 0 spiro atoms. The van der Waals surface area contributed by atoms with E-state index in [0.29, 0.717) is 13.0 Å². The second-order valence-corrected chi connectivity index (χ2v) is 6.97. The molecule has 2 aromatic carbocycles. The van der Waals surface area contributed by atoms with Crippen LogP contribution in [0, 0.1) is 19.8 Å². The molecule has 1 N–H and O–H groups in total. The number of benzene rings is 2. The minimum Gasteiger partial charge on any atom is -0.405 e. The van der Waals surface area contributed by atoms with Crippen LogP contribution in [-0.4, -0.2) is 24.7 Å². The smallest absolute Gasteiger partial charge is 0.405 e. The lowest BCUT2D eigenvalue weighted by atomic mass is 10.1. The minimum atomic E-state index is -4.83. The Bertz CT molecular complexity index is 928. The van der Waals surface area contributed by atoms with Gasteiger partial charge in [0.2, 0.25) is 11.8 Å². The zero-order valence-corrected chi connectivity index (χ0v) is 16.0. The van der Waals surface area contributed by atoms with Crippen LogP contribution >= 0.6 is 0 Å². The Morgan fingerprint density at radius 3 is 2.59 bits per heavy atom. The van der Waals surface area contributed by atoms with E-state index >= 15 is 0 Å². The van der Waals surface area contributed by atoms with Crippen LogP contribution in [0.4, 0.5) is 18.9 Å². The van der Waals surface area contributed by atoms with Crippen LogP contribution < -0.4 is 15.0 Å². The Morgan fingerprint density at radius 1 is 1.17 bits per heavy atom. The Hall–Kier alpha value is -3.03. The third-order valence-corrected chi connectivity index (χ3v) is 4.98. The van der Waals surface area contributed by atoms with Crippen LogP contribution in [0.1, 0.15) is 23.1 Å². The highest BCUT2D eigenvalue weighted by atomic mass is 19.4. The number of nitrogens with one attached hydrogen (secondary N) is 1. The van der Waals surface area contributed by atoms with Crippen LogP contribution in [-0.2, 0) is 16.1 Å². The molecule has 1 unspecified atom stereocenters. The van der Waals surface area contributed by atoms with Gasteiger partial charge in [0, 0.05) is 24.3 Å². The highest BCUT2D eigenvalue weighted by Gasteiger charge is 2.38. The average molecular weight is 406 g/mol. The van der Waals surface area contributed by atoms with E-state index in [0.717, 1.165) is 16.8 Å². The molecule has 2 aromatic rings. The van der Waals surface area contributed by atoms with E-state index in [1.165, 1.54) is 18.2 Å². The number of ether oxygens (including phenoxy) is 1. The first-order valence-corrected chi connectivity index (χ1v) is 9.15. The largest absolute Gasteiger partial charge is 0.573 e. The number of aryl methyl sites for hydroxylation is 2. The number of amides is 2. The third-order valence-electron chi connectivity index (χ3n) is 4.98. The Morgan fingerprint density at radius 2 is 1.90 bits per heavy atom. The molecule has 3 rings (SSSR count). The number of carbonyl (C=O) groups excluding carboxylic acids is 2. The monoisotopic (exact) mass is 406 g/mol. The lowest BCUT2D eigenvalue weighted by Gasteiger charge is -2.18. The molecule has 1 aliphatic rings. The number of rotatable bonds is 5. The normalized spacial score (nSPS) is 16.8. The van der Waals surface area contributed by atoms with Gasteiger partial charge in [0.15, 0.2) is 0 Å². The summed E-state index contributed by atoms with van der Waals surface area (Å²) in [7, 11) is 0. The van der Waals surface area contributed by atoms with Crippen LogP contribution in [0.2, 0.25) is 0 Å². The van der Waals surface area contributed by atoms with Crippen molar-refractivity contribution in [1.29, 1.82) is 0 Å². The number of alkyl halides is 3. The number of carbonyl (C=O) groups is 2. The van der Waals surface area contributed by atoms with E-state index in [2.05, 4.69) is 10.1 Å². The number of anilines is 1. The number of halogens is 3. The van der Waals surface area contributed by atoms with E-state index in [1.54, 1.807) is 11.0 Å². The molecule has 154 valence electrons. The fourth-order valence-corrected chi connectivity index (χ4v) is 3.25. The molecule has 0 saturated carbocycles. The van der Waals surface area contributed by atoms with Gasteiger partial charge in [-0.05, 0) is 49.6 Å². The van der Waals surface area contributed by atoms with Crippen molar-refractivity contribution in [2.45, 2.75) is 33.2 Å². The van der Waals surface area contributed by atoms with Gasteiger partial charge in [-0.2, -0.15) is 0 Å². The second-order valence-electron chi connectivity index (χ2n) is 6.97. The van der Waals surface area contributed by atoms with Crippen molar-refractivity contribution < 1.29 is 27.5 Å². The van der Waals surface area contributed by atoms with Gasteiger partial charge in [0.05, 0.1) is 0 Å². The van der Waals surface area contributed by atoms with Crippen molar-refractivity contribution in [3.05, 3.63) is 59.2 Å². The van der Waals surface area contributed by atoms with Crippen molar-refractivity contribution in [1.82, 2.24) is 5.32 Å². The maximum absolute atomic E-state index is 12.7. The van der Waals surface area contributed by atoms with Crippen molar-refractivity contribution >= 4 is 17.5 Å². The molecule has 0 radical (unpaired) electrons. The Balaban J connectivity index is 1.65. The molecule has 1 saturated heterocycles. The van der Waals surface area contributed by atoms with E-state index < -0.39 is 18.2 Å². The summed E-state index contributed by atoms with van der Waals surface area (Å²) < 4.78 is 41.5. The van der Waals surface area contributed by atoms with Gasteiger partial charge >= 0.3 is 6.36 Å². The van der Waals surface area contributed by atoms with Crippen LogP contribution in [0.3, 0.4) is 0 Å². The van der Waals surface area contributed by atoms with Gasteiger partial charge in [-0.25, -0.2) is 0 Å². The molecule has 1 fully saturated rings. The van der Waals surface area contributed by atoms with Gasteiger partial charge < -0.3 is 15.0 Å². The average Bonchev–Trinajstić information content (AvgIpc) is 3.03. The van der Waals surface area contributed by atoms with Crippen LogP contribution in [0.25, 0.3) is 0 Å². The summed E-state index contributed by atoms with van der Waals surface area (Å²) in [5.41, 5.74) is 3.06. The highest BCUT2D eigenvalue weighted by Crippen LogP contribution is 2.28. The lowest BCUT2D eigenvalue weighted by Crippen LogP contribution is -2.36. The Kier molecular flexibility index (Phi) is 5.81. The van der Waals surface area contributed by atoms with Crippen LogP contribution in [0.5, 0.6) is 5.75 Å². The fraction of sp³-hybridized carbons (Fsp3) is 0.333. The third kappa shape index (κ3) is 4.88. The lowest BCUT2D eigenvalue weighted by molar-refractivity contribution is -0.274. The van der Waals surface area contributed by atoms with E-state index in [1.807, 2.05) is 32.0 Å². The summed E-state index contributed by atoms with van der Waals surface area (Å²) in [4.78, 5) is 26.8. The Labute approximate surface area is 166 Å². The molecule has 0 aliphatic carbocycles. The van der Waals surface area contributed by atoms with E-state index in [-0.39, 0.29) is 23.8 Å². The summed E-state index contributed by atoms with van der Waals surface area (Å²) in [5.74, 6) is -2.07. The molecule has 8 heteroatoms. The maximum atomic E-state index is 12.7.